The molecule has 1 amide bonds. The number of anilines is 2. The molecule has 25 heavy (non-hydrogen) atoms. The lowest BCUT2D eigenvalue weighted by atomic mass is 10.2. The standard InChI is InChI=1S/C17H25N3O5/c1-3-4-5-15(21)19-12-8-14(17(22)23)16(18-9-12)20(2)10-13-11-24-6-7-25-13/h8-9,13H,3-7,10-11H2,1-2H3,(H,19,21)(H,22,23)/t13-/m0/s1. The van der Waals surface area contributed by atoms with Gasteiger partial charge in [0.1, 0.15) is 11.4 Å². The van der Waals surface area contributed by atoms with E-state index >= 15 is 0 Å². The van der Waals surface area contributed by atoms with Gasteiger partial charge in [-0.3, -0.25) is 4.79 Å². The van der Waals surface area contributed by atoms with E-state index in [1.54, 1.807) is 11.9 Å². The second-order valence-electron chi connectivity index (χ2n) is 6.00. The Labute approximate surface area is 147 Å². The Morgan fingerprint density at radius 1 is 1.44 bits per heavy atom. The monoisotopic (exact) mass is 351 g/mol. The lowest BCUT2D eigenvalue weighted by molar-refractivity contribution is -0.116. The predicted octanol–water partition coefficient (Wildman–Crippen LogP) is 1.76. The van der Waals surface area contributed by atoms with Crippen molar-refractivity contribution in [3.63, 3.8) is 0 Å². The molecule has 0 unspecified atom stereocenters. The first kappa shape index (κ1) is 19.1. The molecular weight excluding hydrogens is 326 g/mol. The molecular formula is C17H25N3O5. The molecule has 2 heterocycles. The Bertz CT molecular complexity index is 602. The fraction of sp³-hybridized carbons (Fsp3) is 0.588. The maximum atomic E-state index is 11.8. The largest absolute Gasteiger partial charge is 0.478 e. The van der Waals surface area contributed by atoms with Crippen LogP contribution in [0, 0.1) is 0 Å². The number of nitrogens with zero attached hydrogens (tertiary/aromatic N) is 2. The molecule has 0 aromatic carbocycles. The minimum atomic E-state index is -1.10. The van der Waals surface area contributed by atoms with Crippen LogP contribution in [0.3, 0.4) is 0 Å². The van der Waals surface area contributed by atoms with Crippen molar-refractivity contribution in [1.82, 2.24) is 4.98 Å². The smallest absolute Gasteiger partial charge is 0.339 e. The Morgan fingerprint density at radius 2 is 2.24 bits per heavy atom. The van der Waals surface area contributed by atoms with E-state index in [4.69, 9.17) is 9.47 Å². The molecule has 1 aromatic rings. The van der Waals surface area contributed by atoms with Gasteiger partial charge in [-0.1, -0.05) is 13.3 Å². The van der Waals surface area contributed by atoms with Crippen molar-refractivity contribution < 1.29 is 24.2 Å². The molecule has 1 aliphatic rings. The summed E-state index contributed by atoms with van der Waals surface area (Å²) in [4.78, 5) is 29.4. The summed E-state index contributed by atoms with van der Waals surface area (Å²) in [6.45, 7) is 4.04. The zero-order valence-electron chi connectivity index (χ0n) is 14.7. The first-order chi connectivity index (χ1) is 12.0. The molecule has 1 atom stereocenters. The van der Waals surface area contributed by atoms with E-state index in [2.05, 4.69) is 10.3 Å². The predicted molar refractivity (Wildman–Crippen MR) is 93.2 cm³/mol. The summed E-state index contributed by atoms with van der Waals surface area (Å²) in [5, 5.41) is 12.2. The normalized spacial score (nSPS) is 17.1. The number of hydrogen-bond acceptors (Lipinski definition) is 6. The van der Waals surface area contributed by atoms with Gasteiger partial charge < -0.3 is 24.8 Å². The van der Waals surface area contributed by atoms with Crippen LogP contribution in [0.4, 0.5) is 11.5 Å². The van der Waals surface area contributed by atoms with Crippen LogP contribution in [0.1, 0.15) is 36.5 Å². The number of ether oxygens (including phenoxy) is 2. The number of unbranched alkanes of at least 4 members (excludes halogenated alkanes) is 1. The average molecular weight is 351 g/mol. The number of carboxylic acid groups (broad SMARTS) is 1. The molecule has 138 valence electrons. The first-order valence-corrected chi connectivity index (χ1v) is 8.45. The summed E-state index contributed by atoms with van der Waals surface area (Å²) >= 11 is 0. The van der Waals surface area contributed by atoms with E-state index in [9.17, 15) is 14.7 Å². The second-order valence-corrected chi connectivity index (χ2v) is 6.00. The van der Waals surface area contributed by atoms with Gasteiger partial charge in [-0.2, -0.15) is 0 Å². The summed E-state index contributed by atoms with van der Waals surface area (Å²) in [6.07, 6.45) is 3.45. The van der Waals surface area contributed by atoms with E-state index in [0.29, 0.717) is 44.3 Å². The number of aromatic nitrogens is 1. The average Bonchev–Trinajstić information content (AvgIpc) is 2.60. The van der Waals surface area contributed by atoms with Crippen LogP contribution in [0.15, 0.2) is 12.3 Å². The summed E-state index contributed by atoms with van der Waals surface area (Å²) in [6, 6.07) is 1.43. The van der Waals surface area contributed by atoms with Crippen LogP contribution in [0.5, 0.6) is 0 Å². The number of rotatable bonds is 8. The quantitative estimate of drug-likeness (QED) is 0.736. The molecule has 0 saturated carbocycles. The van der Waals surface area contributed by atoms with Crippen molar-refractivity contribution in [2.75, 3.05) is 43.6 Å². The number of nitrogens with one attached hydrogen (secondary N) is 1. The van der Waals surface area contributed by atoms with Crippen LogP contribution >= 0.6 is 0 Å². The Kier molecular flexibility index (Phi) is 7.15. The third kappa shape index (κ3) is 5.68. The summed E-state index contributed by atoms with van der Waals surface area (Å²) in [5.41, 5.74) is 0.417. The van der Waals surface area contributed by atoms with Gasteiger partial charge in [0.05, 0.1) is 37.8 Å². The summed E-state index contributed by atoms with van der Waals surface area (Å²) in [7, 11) is 1.76. The highest BCUT2D eigenvalue weighted by Gasteiger charge is 2.21. The number of carbonyl (C=O) groups is 2. The minimum Gasteiger partial charge on any atom is -0.478 e. The highest BCUT2D eigenvalue weighted by molar-refractivity contribution is 5.96. The van der Waals surface area contributed by atoms with Gasteiger partial charge in [-0.15, -0.1) is 0 Å². The van der Waals surface area contributed by atoms with Crippen molar-refractivity contribution >= 4 is 23.4 Å². The minimum absolute atomic E-state index is 0.0347. The number of carboxylic acids is 1. The highest BCUT2D eigenvalue weighted by atomic mass is 16.6. The van der Waals surface area contributed by atoms with Crippen LogP contribution in [-0.2, 0) is 14.3 Å². The number of amides is 1. The molecule has 0 radical (unpaired) electrons. The molecule has 2 rings (SSSR count). The zero-order valence-corrected chi connectivity index (χ0v) is 14.7. The lowest BCUT2D eigenvalue weighted by Gasteiger charge is -2.28. The molecule has 0 aliphatic carbocycles. The third-order valence-electron chi connectivity index (χ3n) is 3.86. The molecule has 8 heteroatoms. The number of hydrogen-bond donors (Lipinski definition) is 2. The molecule has 0 spiro atoms. The van der Waals surface area contributed by atoms with E-state index in [0.717, 1.165) is 12.8 Å². The Morgan fingerprint density at radius 3 is 2.88 bits per heavy atom. The van der Waals surface area contributed by atoms with Gasteiger partial charge in [-0.05, 0) is 12.5 Å². The highest BCUT2D eigenvalue weighted by Crippen LogP contribution is 2.21. The van der Waals surface area contributed by atoms with Gasteiger partial charge in [-0.25, -0.2) is 9.78 Å². The van der Waals surface area contributed by atoms with E-state index in [1.807, 2.05) is 6.92 Å². The fourth-order valence-corrected chi connectivity index (χ4v) is 2.58. The second kappa shape index (κ2) is 9.33. The number of aromatic carboxylic acids is 1. The van der Waals surface area contributed by atoms with E-state index < -0.39 is 5.97 Å². The Hall–Kier alpha value is -2.19. The van der Waals surface area contributed by atoms with Gasteiger partial charge in [0.15, 0.2) is 0 Å². The van der Waals surface area contributed by atoms with Gasteiger partial charge in [0, 0.05) is 20.0 Å². The maximum Gasteiger partial charge on any atom is 0.339 e. The van der Waals surface area contributed by atoms with E-state index in [-0.39, 0.29) is 17.6 Å². The Balaban J connectivity index is 2.09. The molecule has 8 nitrogen and oxygen atoms in total. The zero-order chi connectivity index (χ0) is 18.2. The number of likely N-dealkylation sites (N-methyl/N-ethyl adjacent to an activating group) is 1. The first-order valence-electron chi connectivity index (χ1n) is 8.45. The van der Waals surface area contributed by atoms with Crippen LogP contribution in [0.25, 0.3) is 0 Å². The van der Waals surface area contributed by atoms with E-state index in [1.165, 1.54) is 12.3 Å². The van der Waals surface area contributed by atoms with Crippen molar-refractivity contribution in [3.05, 3.63) is 17.8 Å². The molecule has 0 bridgehead atoms. The number of pyridine rings is 1. The molecule has 1 saturated heterocycles. The SMILES string of the molecule is CCCCC(=O)Nc1cnc(N(C)C[C@H]2COCCO2)c(C(=O)O)c1. The van der Waals surface area contributed by atoms with Crippen molar-refractivity contribution in [2.24, 2.45) is 0 Å². The van der Waals surface area contributed by atoms with Gasteiger partial charge >= 0.3 is 5.97 Å². The molecule has 1 aromatic heterocycles. The van der Waals surface area contributed by atoms with Gasteiger partial charge in [0.25, 0.3) is 0 Å². The third-order valence-corrected chi connectivity index (χ3v) is 3.86. The number of carbonyl (C=O) groups excluding carboxylic acids is 1. The molecule has 2 N–H and O–H groups in total. The van der Waals surface area contributed by atoms with Crippen LogP contribution < -0.4 is 10.2 Å². The topological polar surface area (TPSA) is 101 Å². The lowest BCUT2D eigenvalue weighted by Crippen LogP contribution is -2.39. The summed E-state index contributed by atoms with van der Waals surface area (Å²) < 4.78 is 10.9. The fourth-order valence-electron chi connectivity index (χ4n) is 2.58. The van der Waals surface area contributed by atoms with Gasteiger partial charge in [0.2, 0.25) is 5.91 Å². The van der Waals surface area contributed by atoms with Crippen LogP contribution in [-0.4, -0.2) is 61.5 Å². The molecule has 1 fully saturated rings. The van der Waals surface area contributed by atoms with Crippen molar-refractivity contribution in [3.8, 4) is 0 Å². The molecule has 1 aliphatic heterocycles. The van der Waals surface area contributed by atoms with Crippen molar-refractivity contribution in [2.45, 2.75) is 32.3 Å². The summed E-state index contributed by atoms with van der Waals surface area (Å²) in [5.74, 6) is -0.915. The van der Waals surface area contributed by atoms with Crippen molar-refractivity contribution in [1.29, 1.82) is 0 Å². The maximum absolute atomic E-state index is 11.8. The van der Waals surface area contributed by atoms with Crippen LogP contribution in [0.2, 0.25) is 0 Å².